The maximum absolute atomic E-state index is 14.6. The van der Waals surface area contributed by atoms with Crippen LogP contribution >= 0.6 is 11.3 Å². The molecule has 3 aliphatic rings. The summed E-state index contributed by atoms with van der Waals surface area (Å²) in [6, 6.07) is 17.2. The van der Waals surface area contributed by atoms with Gasteiger partial charge in [0.15, 0.2) is 0 Å². The lowest BCUT2D eigenvalue weighted by molar-refractivity contribution is -0.147. The number of ether oxygens (including phenoxy) is 1. The van der Waals surface area contributed by atoms with Crippen LogP contribution in [0.1, 0.15) is 73.1 Å². The van der Waals surface area contributed by atoms with E-state index in [-0.39, 0.29) is 37.4 Å². The molecule has 6 rings (SSSR count). The Morgan fingerprint density at radius 2 is 1.64 bits per heavy atom. The Morgan fingerprint density at radius 3 is 2.36 bits per heavy atom. The highest BCUT2D eigenvalue weighted by Crippen LogP contribution is 2.36. The molecule has 2 aliphatic heterocycles. The van der Waals surface area contributed by atoms with Crippen LogP contribution in [0, 0.1) is 0 Å². The summed E-state index contributed by atoms with van der Waals surface area (Å²) in [5.41, 5.74) is 3.53. The Kier molecular flexibility index (Phi) is 9.21. The Hall–Kier alpha value is -4.18. The van der Waals surface area contributed by atoms with Gasteiger partial charge < -0.3 is 19.6 Å². The molecule has 0 radical (unpaired) electrons. The predicted octanol–water partition coefficient (Wildman–Crippen LogP) is 5.97. The number of hydrogen-bond acceptors (Lipinski definition) is 6. The van der Waals surface area contributed by atoms with Gasteiger partial charge in [-0.05, 0) is 73.2 Å². The van der Waals surface area contributed by atoms with E-state index in [0.717, 1.165) is 53.7 Å². The molecule has 236 valence electrons. The number of para-hydroxylation sites is 1. The Bertz CT molecular complexity index is 1550. The normalized spacial score (nSPS) is 20.2. The number of hydrogen-bond donors (Lipinski definition) is 1. The third-order valence-corrected chi connectivity index (χ3v) is 10.4. The van der Waals surface area contributed by atoms with E-state index in [2.05, 4.69) is 0 Å². The molecule has 0 spiro atoms. The number of amides is 3. The molecule has 1 saturated carbocycles. The average Bonchev–Trinajstić information content (AvgIpc) is 3.72. The monoisotopic (exact) mass is 629 g/mol. The first-order chi connectivity index (χ1) is 21.8. The highest BCUT2D eigenvalue weighted by atomic mass is 32.1. The molecule has 1 fully saturated rings. The minimum absolute atomic E-state index is 0.175. The summed E-state index contributed by atoms with van der Waals surface area (Å²) in [4.78, 5) is 59.9. The molecule has 3 atom stereocenters. The van der Waals surface area contributed by atoms with Crippen LogP contribution in [-0.4, -0.2) is 63.5 Å². The quantitative estimate of drug-likeness (QED) is 0.329. The van der Waals surface area contributed by atoms with Gasteiger partial charge in [-0.3, -0.25) is 19.3 Å². The van der Waals surface area contributed by atoms with Gasteiger partial charge in [-0.2, -0.15) is 0 Å². The number of thiophene rings is 1. The van der Waals surface area contributed by atoms with Crippen molar-refractivity contribution < 1.29 is 29.0 Å². The SMILES string of the molecule is CC(c1cccs1)N(CC(=O)N1Cc2ccccc2C[C@@H]1CC(=O)O)C(=O)[C@H]1Cc2ccccc2N1C(=O)OC1CCCCC1. The maximum Gasteiger partial charge on any atom is 0.415 e. The van der Waals surface area contributed by atoms with Crippen LogP contribution in [0.5, 0.6) is 0 Å². The number of anilines is 1. The fourth-order valence-corrected chi connectivity index (χ4v) is 7.77. The van der Waals surface area contributed by atoms with E-state index in [1.807, 2.05) is 73.0 Å². The molecule has 1 aliphatic carbocycles. The highest BCUT2D eigenvalue weighted by Gasteiger charge is 2.44. The van der Waals surface area contributed by atoms with Crippen LogP contribution in [0.15, 0.2) is 66.0 Å². The topological polar surface area (TPSA) is 107 Å². The summed E-state index contributed by atoms with van der Waals surface area (Å²) >= 11 is 1.50. The van der Waals surface area contributed by atoms with E-state index in [1.54, 1.807) is 9.80 Å². The largest absolute Gasteiger partial charge is 0.481 e. The van der Waals surface area contributed by atoms with Crippen molar-refractivity contribution in [3.05, 3.63) is 87.6 Å². The minimum Gasteiger partial charge on any atom is -0.481 e. The maximum atomic E-state index is 14.6. The van der Waals surface area contributed by atoms with Crippen molar-refractivity contribution in [3.8, 4) is 0 Å². The van der Waals surface area contributed by atoms with Gasteiger partial charge in [-0.1, -0.05) is 55.0 Å². The van der Waals surface area contributed by atoms with Gasteiger partial charge in [-0.15, -0.1) is 11.3 Å². The first kappa shape index (κ1) is 30.8. The molecule has 3 heterocycles. The van der Waals surface area contributed by atoms with Crippen LogP contribution in [-0.2, 0) is 38.5 Å². The number of aliphatic carboxylic acids is 1. The van der Waals surface area contributed by atoms with Crippen molar-refractivity contribution in [2.24, 2.45) is 0 Å². The lowest BCUT2D eigenvalue weighted by atomic mass is 9.92. The minimum atomic E-state index is -0.979. The molecule has 1 aromatic heterocycles. The Morgan fingerprint density at radius 1 is 0.933 bits per heavy atom. The van der Waals surface area contributed by atoms with Gasteiger partial charge in [0.05, 0.1) is 18.2 Å². The number of rotatable bonds is 8. The van der Waals surface area contributed by atoms with Gasteiger partial charge in [0.2, 0.25) is 11.8 Å². The van der Waals surface area contributed by atoms with Crippen LogP contribution in [0.3, 0.4) is 0 Å². The first-order valence-electron chi connectivity index (χ1n) is 15.8. The summed E-state index contributed by atoms with van der Waals surface area (Å²) in [7, 11) is 0. The van der Waals surface area contributed by atoms with Crippen molar-refractivity contribution in [3.63, 3.8) is 0 Å². The van der Waals surface area contributed by atoms with Gasteiger partial charge in [-0.25, -0.2) is 4.79 Å². The fourth-order valence-electron chi connectivity index (χ4n) is 6.97. The van der Waals surface area contributed by atoms with Gasteiger partial charge in [0, 0.05) is 23.9 Å². The summed E-state index contributed by atoms with van der Waals surface area (Å²) < 4.78 is 5.97. The molecule has 0 saturated heterocycles. The van der Waals surface area contributed by atoms with Crippen molar-refractivity contribution in [1.29, 1.82) is 0 Å². The van der Waals surface area contributed by atoms with Gasteiger partial charge in [0.1, 0.15) is 18.7 Å². The lowest BCUT2D eigenvalue weighted by Gasteiger charge is -2.39. The first-order valence-corrected chi connectivity index (χ1v) is 16.7. The van der Waals surface area contributed by atoms with Crippen LogP contribution in [0.25, 0.3) is 0 Å². The molecule has 0 bridgehead atoms. The molecule has 10 heteroatoms. The molecule has 3 amide bonds. The number of fused-ring (bicyclic) bond motifs is 2. The second-order valence-electron chi connectivity index (χ2n) is 12.3. The van der Waals surface area contributed by atoms with E-state index in [1.165, 1.54) is 16.2 Å². The fraction of sp³-hybridized carbons (Fsp3) is 0.429. The zero-order valence-electron chi connectivity index (χ0n) is 25.5. The zero-order chi connectivity index (χ0) is 31.5. The molecular formula is C35H39N3O6S. The summed E-state index contributed by atoms with van der Waals surface area (Å²) in [6.45, 7) is 1.93. The van der Waals surface area contributed by atoms with Gasteiger partial charge >= 0.3 is 12.1 Å². The molecular weight excluding hydrogens is 590 g/mol. The van der Waals surface area contributed by atoms with Gasteiger partial charge in [0.25, 0.3) is 0 Å². The Balaban J connectivity index is 1.29. The standard InChI is InChI=1S/C35H39N3O6S/c1-23(31-16-9-17-45-31)36(22-32(39)37-21-26-12-6-5-10-24(26)18-27(37)20-33(40)41)34(42)30-19-25-11-7-8-15-29(25)38(30)35(43)44-28-13-3-2-4-14-28/h5-12,15-17,23,27-28,30H,2-4,13-14,18-22H2,1H3,(H,40,41)/t23?,27-,30-/m1/s1. The van der Waals surface area contributed by atoms with E-state index in [4.69, 9.17) is 4.74 Å². The molecule has 9 nitrogen and oxygen atoms in total. The smallest absolute Gasteiger partial charge is 0.415 e. The van der Waals surface area contributed by atoms with Crippen LogP contribution < -0.4 is 4.90 Å². The summed E-state index contributed by atoms with van der Waals surface area (Å²) in [6.07, 6.45) is 4.62. The van der Waals surface area contributed by atoms with Crippen LogP contribution in [0.2, 0.25) is 0 Å². The third-order valence-electron chi connectivity index (χ3n) is 9.37. The predicted molar refractivity (Wildman–Crippen MR) is 171 cm³/mol. The highest BCUT2D eigenvalue weighted by molar-refractivity contribution is 7.10. The lowest BCUT2D eigenvalue weighted by Crippen LogP contribution is -2.55. The molecule has 2 aromatic carbocycles. The molecule has 1 N–H and O–H groups in total. The number of nitrogens with zero attached hydrogens (tertiary/aromatic N) is 3. The van der Waals surface area contributed by atoms with Crippen molar-refractivity contribution in [2.45, 2.75) is 89.1 Å². The Labute approximate surface area is 267 Å². The third kappa shape index (κ3) is 6.61. The number of carbonyl (C=O) groups excluding carboxylic acids is 3. The average molecular weight is 630 g/mol. The van der Waals surface area contributed by atoms with Crippen molar-refractivity contribution in [1.82, 2.24) is 9.80 Å². The van der Waals surface area contributed by atoms with E-state index in [0.29, 0.717) is 18.5 Å². The van der Waals surface area contributed by atoms with Crippen molar-refractivity contribution >= 4 is 40.9 Å². The molecule has 1 unspecified atom stereocenters. The second kappa shape index (κ2) is 13.4. The number of carboxylic acid groups (broad SMARTS) is 1. The van der Waals surface area contributed by atoms with Crippen molar-refractivity contribution in [2.75, 3.05) is 11.4 Å². The molecule has 45 heavy (non-hydrogen) atoms. The zero-order valence-corrected chi connectivity index (χ0v) is 26.3. The summed E-state index contributed by atoms with van der Waals surface area (Å²) in [5.74, 6) is -1.64. The number of carbonyl (C=O) groups is 4. The van der Waals surface area contributed by atoms with E-state index >= 15 is 0 Å². The van der Waals surface area contributed by atoms with E-state index < -0.39 is 30.2 Å². The number of carboxylic acids is 1. The summed E-state index contributed by atoms with van der Waals surface area (Å²) in [5, 5.41) is 11.6. The van der Waals surface area contributed by atoms with E-state index in [9.17, 15) is 24.3 Å². The van der Waals surface area contributed by atoms with Crippen LogP contribution in [0.4, 0.5) is 10.5 Å². The second-order valence-corrected chi connectivity index (χ2v) is 13.2. The number of benzene rings is 2. The molecule has 3 aromatic rings.